The van der Waals surface area contributed by atoms with E-state index >= 15 is 0 Å². The van der Waals surface area contributed by atoms with Crippen LogP contribution >= 0.6 is 0 Å². The molecule has 0 unspecified atom stereocenters. The third-order valence-corrected chi connectivity index (χ3v) is 3.74. The maximum absolute atomic E-state index is 12.9. The zero-order valence-corrected chi connectivity index (χ0v) is 13.0. The predicted octanol–water partition coefficient (Wildman–Crippen LogP) is 3.36. The Morgan fingerprint density at radius 1 is 1.04 bits per heavy atom. The molecule has 1 aliphatic rings. The van der Waals surface area contributed by atoms with Gasteiger partial charge < -0.3 is 14.8 Å². The fourth-order valence-electron chi connectivity index (χ4n) is 2.49. The quantitative estimate of drug-likeness (QED) is 0.886. The van der Waals surface area contributed by atoms with Crippen LogP contribution in [0.4, 0.5) is 10.1 Å². The fraction of sp³-hybridized carbons (Fsp3) is 0.333. The van der Waals surface area contributed by atoms with E-state index in [2.05, 4.69) is 10.2 Å². The Hall–Kier alpha value is -2.11. The Bertz CT molecular complexity index is 613. The summed E-state index contributed by atoms with van der Waals surface area (Å²) < 4.78 is 24.0. The molecule has 1 heterocycles. The smallest absolute Gasteiger partial charge is 0.129 e. The standard InChI is InChI=1S/C18H21FN2O2/c19-15-4-6-17(7-5-15)23-18-3-1-2-16(14-18)20-8-9-21-10-12-22-13-11-21/h1-7,14,20H,8-13H2. The molecule has 2 aromatic rings. The zero-order chi connectivity index (χ0) is 15.9. The number of nitrogens with one attached hydrogen (secondary N) is 1. The van der Waals surface area contributed by atoms with Crippen LogP contribution in [0, 0.1) is 5.82 Å². The molecule has 0 saturated carbocycles. The van der Waals surface area contributed by atoms with Crippen LogP contribution in [0.2, 0.25) is 0 Å². The Morgan fingerprint density at radius 3 is 2.61 bits per heavy atom. The molecule has 0 spiro atoms. The molecule has 3 rings (SSSR count). The molecular formula is C18H21FN2O2. The first-order valence-electron chi connectivity index (χ1n) is 7.87. The van der Waals surface area contributed by atoms with E-state index in [1.165, 1.54) is 12.1 Å². The van der Waals surface area contributed by atoms with Crippen molar-refractivity contribution in [3.63, 3.8) is 0 Å². The van der Waals surface area contributed by atoms with Crippen molar-refractivity contribution in [2.45, 2.75) is 0 Å². The summed E-state index contributed by atoms with van der Waals surface area (Å²) >= 11 is 0. The van der Waals surface area contributed by atoms with Gasteiger partial charge in [0.25, 0.3) is 0 Å². The van der Waals surface area contributed by atoms with E-state index in [9.17, 15) is 4.39 Å². The van der Waals surface area contributed by atoms with Crippen LogP contribution in [-0.4, -0.2) is 44.3 Å². The summed E-state index contributed by atoms with van der Waals surface area (Å²) in [7, 11) is 0. The molecule has 0 radical (unpaired) electrons. The van der Waals surface area contributed by atoms with E-state index in [-0.39, 0.29) is 5.82 Å². The summed E-state index contributed by atoms with van der Waals surface area (Å²) in [6, 6.07) is 13.8. The van der Waals surface area contributed by atoms with Crippen LogP contribution in [0.5, 0.6) is 11.5 Å². The fourth-order valence-corrected chi connectivity index (χ4v) is 2.49. The second-order valence-electron chi connectivity index (χ2n) is 5.46. The van der Waals surface area contributed by atoms with Gasteiger partial charge in [0.15, 0.2) is 0 Å². The minimum absolute atomic E-state index is 0.268. The second-order valence-corrected chi connectivity index (χ2v) is 5.46. The number of anilines is 1. The summed E-state index contributed by atoms with van der Waals surface area (Å²) in [4.78, 5) is 2.38. The zero-order valence-electron chi connectivity index (χ0n) is 13.0. The molecule has 4 nitrogen and oxygen atoms in total. The molecule has 0 aliphatic carbocycles. The van der Waals surface area contributed by atoms with Crippen LogP contribution < -0.4 is 10.1 Å². The Kier molecular flexibility index (Phi) is 5.45. The second kappa shape index (κ2) is 7.94. The highest BCUT2D eigenvalue weighted by Crippen LogP contribution is 2.24. The molecule has 0 amide bonds. The molecular weight excluding hydrogens is 295 g/mol. The van der Waals surface area contributed by atoms with Crippen molar-refractivity contribution in [1.29, 1.82) is 0 Å². The maximum atomic E-state index is 12.9. The van der Waals surface area contributed by atoms with Crippen LogP contribution in [0.15, 0.2) is 48.5 Å². The van der Waals surface area contributed by atoms with Gasteiger partial charge in [-0.3, -0.25) is 4.90 Å². The first kappa shape index (κ1) is 15.8. The number of rotatable bonds is 6. The summed E-state index contributed by atoms with van der Waals surface area (Å²) in [5.41, 5.74) is 1.01. The number of nitrogens with zero attached hydrogens (tertiary/aromatic N) is 1. The van der Waals surface area contributed by atoms with Crippen LogP contribution in [-0.2, 0) is 4.74 Å². The summed E-state index contributed by atoms with van der Waals surface area (Å²) in [6.45, 7) is 5.50. The lowest BCUT2D eigenvalue weighted by Gasteiger charge is -2.26. The molecule has 1 fully saturated rings. The van der Waals surface area contributed by atoms with E-state index in [0.29, 0.717) is 5.75 Å². The molecule has 0 aromatic heterocycles. The maximum Gasteiger partial charge on any atom is 0.129 e. The van der Waals surface area contributed by atoms with Crippen LogP contribution in [0.3, 0.4) is 0 Å². The van der Waals surface area contributed by atoms with Crippen molar-refractivity contribution < 1.29 is 13.9 Å². The van der Waals surface area contributed by atoms with Gasteiger partial charge in [0.05, 0.1) is 13.2 Å². The largest absolute Gasteiger partial charge is 0.457 e. The van der Waals surface area contributed by atoms with Crippen molar-refractivity contribution in [2.24, 2.45) is 0 Å². The van der Waals surface area contributed by atoms with E-state index in [0.717, 1.165) is 50.8 Å². The lowest BCUT2D eigenvalue weighted by Crippen LogP contribution is -2.38. The average Bonchev–Trinajstić information content (AvgIpc) is 2.58. The van der Waals surface area contributed by atoms with E-state index < -0.39 is 0 Å². The topological polar surface area (TPSA) is 33.7 Å². The Labute approximate surface area is 135 Å². The Balaban J connectivity index is 1.51. The first-order valence-corrected chi connectivity index (χ1v) is 7.87. The van der Waals surface area contributed by atoms with E-state index in [1.807, 2.05) is 24.3 Å². The number of morpholine rings is 1. The monoisotopic (exact) mass is 316 g/mol. The minimum atomic E-state index is -0.268. The van der Waals surface area contributed by atoms with Gasteiger partial charge in [-0.1, -0.05) is 6.07 Å². The van der Waals surface area contributed by atoms with Crippen molar-refractivity contribution >= 4 is 5.69 Å². The summed E-state index contributed by atoms with van der Waals surface area (Å²) in [5, 5.41) is 3.40. The van der Waals surface area contributed by atoms with Gasteiger partial charge >= 0.3 is 0 Å². The van der Waals surface area contributed by atoms with Crippen LogP contribution in [0.25, 0.3) is 0 Å². The van der Waals surface area contributed by atoms with Gasteiger partial charge in [0.2, 0.25) is 0 Å². The number of ether oxygens (including phenoxy) is 2. The minimum Gasteiger partial charge on any atom is -0.457 e. The normalized spacial score (nSPS) is 15.3. The molecule has 1 N–H and O–H groups in total. The van der Waals surface area contributed by atoms with E-state index in [1.54, 1.807) is 12.1 Å². The molecule has 1 aliphatic heterocycles. The molecule has 5 heteroatoms. The number of halogens is 1. The van der Waals surface area contributed by atoms with Gasteiger partial charge in [-0.05, 0) is 36.4 Å². The Morgan fingerprint density at radius 2 is 1.83 bits per heavy atom. The lowest BCUT2D eigenvalue weighted by atomic mass is 10.3. The molecule has 122 valence electrons. The van der Waals surface area contributed by atoms with Crippen molar-refractivity contribution in [1.82, 2.24) is 4.90 Å². The molecule has 2 aromatic carbocycles. The SMILES string of the molecule is Fc1ccc(Oc2cccc(NCCN3CCOCC3)c2)cc1. The lowest BCUT2D eigenvalue weighted by molar-refractivity contribution is 0.0398. The molecule has 0 atom stereocenters. The van der Waals surface area contributed by atoms with Gasteiger partial charge in [-0.25, -0.2) is 4.39 Å². The number of benzene rings is 2. The third kappa shape index (κ3) is 4.94. The van der Waals surface area contributed by atoms with Crippen molar-refractivity contribution in [2.75, 3.05) is 44.7 Å². The average molecular weight is 316 g/mol. The van der Waals surface area contributed by atoms with Gasteiger partial charge in [-0.15, -0.1) is 0 Å². The van der Waals surface area contributed by atoms with Crippen LogP contribution in [0.1, 0.15) is 0 Å². The highest BCUT2D eigenvalue weighted by atomic mass is 19.1. The van der Waals surface area contributed by atoms with Gasteiger partial charge in [0.1, 0.15) is 17.3 Å². The van der Waals surface area contributed by atoms with Gasteiger partial charge in [0, 0.05) is 37.9 Å². The highest BCUT2D eigenvalue weighted by Gasteiger charge is 2.09. The first-order chi connectivity index (χ1) is 11.3. The predicted molar refractivity (Wildman–Crippen MR) is 88.7 cm³/mol. The third-order valence-electron chi connectivity index (χ3n) is 3.74. The summed E-state index contributed by atoms with van der Waals surface area (Å²) in [5.74, 6) is 1.08. The number of hydrogen-bond acceptors (Lipinski definition) is 4. The highest BCUT2D eigenvalue weighted by molar-refractivity contribution is 5.49. The van der Waals surface area contributed by atoms with E-state index in [4.69, 9.17) is 9.47 Å². The molecule has 23 heavy (non-hydrogen) atoms. The molecule has 1 saturated heterocycles. The van der Waals surface area contributed by atoms with Crippen molar-refractivity contribution in [3.8, 4) is 11.5 Å². The van der Waals surface area contributed by atoms with Crippen molar-refractivity contribution in [3.05, 3.63) is 54.3 Å². The molecule has 0 bridgehead atoms. The van der Waals surface area contributed by atoms with Gasteiger partial charge in [-0.2, -0.15) is 0 Å². The number of hydrogen-bond donors (Lipinski definition) is 1. The summed E-state index contributed by atoms with van der Waals surface area (Å²) in [6.07, 6.45) is 0.